The van der Waals surface area contributed by atoms with Crippen LogP contribution in [0.2, 0.25) is 0 Å². The van der Waals surface area contributed by atoms with Crippen molar-refractivity contribution in [2.45, 2.75) is 0 Å². The van der Waals surface area contributed by atoms with Crippen LogP contribution in [-0.4, -0.2) is 75.3 Å². The fraction of sp³-hybridized carbons (Fsp3) is 0.333. The number of anilines is 3. The maximum atomic E-state index is 12.9. The summed E-state index contributed by atoms with van der Waals surface area (Å²) in [7, 11) is 2.16. The number of piperazine rings is 1. The SMILES string of the molecule is CN1CCN(c2ccc(-c3cc(C(=O)Nc4ccc(N5CCOCC5)cc4)ccn3)cc2)CC1. The zero-order valence-electron chi connectivity index (χ0n) is 19.6. The summed E-state index contributed by atoms with van der Waals surface area (Å²) in [6.45, 7) is 7.52. The van der Waals surface area contributed by atoms with Gasteiger partial charge in [-0.05, 0) is 55.6 Å². The molecule has 0 unspecified atom stereocenters. The molecular weight excluding hydrogens is 426 g/mol. The molecule has 2 aromatic carbocycles. The highest BCUT2D eigenvalue weighted by Crippen LogP contribution is 2.24. The summed E-state index contributed by atoms with van der Waals surface area (Å²) in [6.07, 6.45) is 1.69. The molecular formula is C27H31N5O2. The first-order valence-corrected chi connectivity index (χ1v) is 11.9. The lowest BCUT2D eigenvalue weighted by molar-refractivity contribution is 0.102. The molecule has 3 aromatic rings. The van der Waals surface area contributed by atoms with Crippen LogP contribution in [-0.2, 0) is 4.74 Å². The van der Waals surface area contributed by atoms with Crippen molar-refractivity contribution < 1.29 is 9.53 Å². The Morgan fingerprint density at radius 1 is 0.824 bits per heavy atom. The number of rotatable bonds is 5. The molecule has 2 saturated heterocycles. The smallest absolute Gasteiger partial charge is 0.255 e. The number of likely N-dealkylation sites (N-methyl/N-ethyl adjacent to an activating group) is 1. The van der Waals surface area contributed by atoms with Gasteiger partial charge in [0, 0.05) is 73.7 Å². The van der Waals surface area contributed by atoms with Gasteiger partial charge in [0.1, 0.15) is 0 Å². The standard InChI is InChI=1S/C27H31N5O2/c1-30-12-14-31(15-13-30)24-6-2-21(3-7-24)26-20-22(10-11-28-26)27(33)29-23-4-8-25(9-5-23)32-16-18-34-19-17-32/h2-11,20H,12-19H2,1H3,(H,29,33). The maximum Gasteiger partial charge on any atom is 0.255 e. The van der Waals surface area contributed by atoms with Crippen molar-refractivity contribution in [2.24, 2.45) is 0 Å². The lowest BCUT2D eigenvalue weighted by Gasteiger charge is -2.34. The number of nitrogens with zero attached hydrogens (tertiary/aromatic N) is 4. The summed E-state index contributed by atoms with van der Waals surface area (Å²) < 4.78 is 5.42. The van der Waals surface area contributed by atoms with Crippen molar-refractivity contribution in [3.8, 4) is 11.3 Å². The predicted octanol–water partition coefficient (Wildman–Crippen LogP) is 3.59. The van der Waals surface area contributed by atoms with Crippen molar-refractivity contribution in [1.29, 1.82) is 0 Å². The van der Waals surface area contributed by atoms with E-state index in [0.717, 1.165) is 75.1 Å². The van der Waals surface area contributed by atoms with E-state index in [-0.39, 0.29) is 5.91 Å². The van der Waals surface area contributed by atoms with Gasteiger partial charge in [-0.25, -0.2) is 0 Å². The third-order valence-electron chi connectivity index (χ3n) is 6.56. The van der Waals surface area contributed by atoms with Crippen molar-refractivity contribution >= 4 is 23.0 Å². The Balaban J connectivity index is 1.24. The van der Waals surface area contributed by atoms with Crippen LogP contribution in [0.3, 0.4) is 0 Å². The summed E-state index contributed by atoms with van der Waals surface area (Å²) in [5.74, 6) is -0.142. The summed E-state index contributed by atoms with van der Waals surface area (Å²) in [5.41, 5.74) is 5.53. The average Bonchev–Trinajstić information content (AvgIpc) is 2.90. The van der Waals surface area contributed by atoms with E-state index in [1.807, 2.05) is 30.3 Å². The predicted molar refractivity (Wildman–Crippen MR) is 137 cm³/mol. The first-order chi connectivity index (χ1) is 16.7. The van der Waals surface area contributed by atoms with Gasteiger partial charge in [-0.15, -0.1) is 0 Å². The maximum absolute atomic E-state index is 12.9. The van der Waals surface area contributed by atoms with E-state index >= 15 is 0 Å². The number of amides is 1. The molecule has 3 heterocycles. The van der Waals surface area contributed by atoms with Crippen molar-refractivity contribution in [1.82, 2.24) is 9.88 Å². The number of hydrogen-bond acceptors (Lipinski definition) is 6. The third-order valence-corrected chi connectivity index (χ3v) is 6.56. The molecule has 2 fully saturated rings. The van der Waals surface area contributed by atoms with Gasteiger partial charge in [-0.2, -0.15) is 0 Å². The number of carbonyl (C=O) groups excluding carboxylic acids is 1. The van der Waals surface area contributed by atoms with Crippen molar-refractivity contribution in [3.63, 3.8) is 0 Å². The van der Waals surface area contributed by atoms with Crippen molar-refractivity contribution in [3.05, 3.63) is 72.4 Å². The van der Waals surface area contributed by atoms with Crippen molar-refractivity contribution in [2.75, 3.05) is 74.6 Å². The van der Waals surface area contributed by atoms with Crippen LogP contribution in [0.15, 0.2) is 66.9 Å². The molecule has 5 rings (SSSR count). The minimum absolute atomic E-state index is 0.142. The van der Waals surface area contributed by atoms with E-state index in [9.17, 15) is 4.79 Å². The van der Waals surface area contributed by atoms with E-state index in [0.29, 0.717) is 5.56 Å². The molecule has 0 atom stereocenters. The zero-order chi connectivity index (χ0) is 23.3. The van der Waals surface area contributed by atoms with E-state index in [1.165, 1.54) is 5.69 Å². The normalized spacial score (nSPS) is 17.0. The van der Waals surface area contributed by atoms with E-state index < -0.39 is 0 Å². The van der Waals surface area contributed by atoms with Gasteiger partial charge in [0.2, 0.25) is 0 Å². The molecule has 7 heteroatoms. The number of benzene rings is 2. The highest BCUT2D eigenvalue weighted by atomic mass is 16.5. The molecule has 0 bridgehead atoms. The highest BCUT2D eigenvalue weighted by molar-refractivity contribution is 6.04. The fourth-order valence-corrected chi connectivity index (χ4v) is 4.42. The number of ether oxygens (including phenoxy) is 1. The van der Waals surface area contributed by atoms with Gasteiger partial charge in [-0.3, -0.25) is 9.78 Å². The second-order valence-electron chi connectivity index (χ2n) is 8.87. The Morgan fingerprint density at radius 2 is 1.44 bits per heavy atom. The molecule has 1 N–H and O–H groups in total. The quantitative estimate of drug-likeness (QED) is 0.632. The number of aromatic nitrogens is 1. The topological polar surface area (TPSA) is 60.9 Å². The number of morpholine rings is 1. The third kappa shape index (κ3) is 5.21. The summed E-state index contributed by atoms with van der Waals surface area (Å²) in [4.78, 5) is 24.4. The fourth-order valence-electron chi connectivity index (χ4n) is 4.42. The molecule has 1 amide bonds. The first kappa shape index (κ1) is 22.4. The number of pyridine rings is 1. The number of hydrogen-bond donors (Lipinski definition) is 1. The van der Waals surface area contributed by atoms with E-state index in [2.05, 4.69) is 56.3 Å². The lowest BCUT2D eigenvalue weighted by atomic mass is 10.1. The van der Waals surface area contributed by atoms with Gasteiger partial charge in [0.25, 0.3) is 5.91 Å². The summed E-state index contributed by atoms with van der Waals surface area (Å²) in [6, 6.07) is 20.0. The van der Waals surface area contributed by atoms with Crippen LogP contribution >= 0.6 is 0 Å². The van der Waals surface area contributed by atoms with Gasteiger partial charge >= 0.3 is 0 Å². The Labute approximate surface area is 201 Å². The number of carbonyl (C=O) groups is 1. The Kier molecular flexibility index (Phi) is 6.74. The molecule has 0 spiro atoms. The Hall–Kier alpha value is -3.42. The van der Waals surface area contributed by atoms with Gasteiger partial charge in [0.15, 0.2) is 0 Å². The molecule has 7 nitrogen and oxygen atoms in total. The minimum atomic E-state index is -0.142. The second-order valence-corrected chi connectivity index (χ2v) is 8.87. The van der Waals surface area contributed by atoms with Crippen LogP contribution in [0.1, 0.15) is 10.4 Å². The Morgan fingerprint density at radius 3 is 2.12 bits per heavy atom. The molecule has 34 heavy (non-hydrogen) atoms. The molecule has 0 saturated carbocycles. The van der Waals surface area contributed by atoms with Crippen LogP contribution in [0, 0.1) is 0 Å². The first-order valence-electron chi connectivity index (χ1n) is 11.9. The summed E-state index contributed by atoms with van der Waals surface area (Å²) >= 11 is 0. The molecule has 2 aliphatic rings. The van der Waals surface area contributed by atoms with Crippen LogP contribution < -0.4 is 15.1 Å². The molecule has 0 radical (unpaired) electrons. The molecule has 1 aromatic heterocycles. The second kappa shape index (κ2) is 10.2. The van der Waals surface area contributed by atoms with Crippen LogP contribution in [0.5, 0.6) is 0 Å². The number of nitrogens with one attached hydrogen (secondary N) is 1. The molecule has 176 valence electrons. The van der Waals surface area contributed by atoms with E-state index in [1.54, 1.807) is 12.3 Å². The Bertz CT molecular complexity index is 1100. The van der Waals surface area contributed by atoms with E-state index in [4.69, 9.17) is 4.74 Å². The average molecular weight is 458 g/mol. The molecule has 2 aliphatic heterocycles. The van der Waals surface area contributed by atoms with Crippen LogP contribution in [0.4, 0.5) is 17.1 Å². The zero-order valence-corrected chi connectivity index (χ0v) is 19.6. The van der Waals surface area contributed by atoms with Gasteiger partial charge in [0.05, 0.1) is 18.9 Å². The molecule has 0 aliphatic carbocycles. The largest absolute Gasteiger partial charge is 0.378 e. The highest BCUT2D eigenvalue weighted by Gasteiger charge is 2.15. The van der Waals surface area contributed by atoms with Gasteiger partial charge in [-0.1, -0.05) is 12.1 Å². The minimum Gasteiger partial charge on any atom is -0.378 e. The summed E-state index contributed by atoms with van der Waals surface area (Å²) in [5, 5.41) is 3.00. The lowest BCUT2D eigenvalue weighted by Crippen LogP contribution is -2.44. The van der Waals surface area contributed by atoms with Crippen LogP contribution in [0.25, 0.3) is 11.3 Å². The monoisotopic (exact) mass is 457 g/mol. The van der Waals surface area contributed by atoms with Gasteiger partial charge < -0.3 is 24.8 Å².